The molecule has 4 aromatic rings. The van der Waals surface area contributed by atoms with Crippen molar-refractivity contribution in [3.8, 4) is 0 Å². The van der Waals surface area contributed by atoms with Gasteiger partial charge in [-0.2, -0.15) is 0 Å². The molecule has 6 heteroatoms. The molecule has 0 radical (unpaired) electrons. The first kappa shape index (κ1) is 17.5. The predicted octanol–water partition coefficient (Wildman–Crippen LogP) is 5.11. The Bertz CT molecular complexity index is 1340. The molecule has 0 saturated carbocycles. The highest BCUT2D eigenvalue weighted by Gasteiger charge is 2.31. The normalized spacial score (nSPS) is 16.5. The average Bonchev–Trinajstić information content (AvgIpc) is 3.26. The third-order valence-electron chi connectivity index (χ3n) is 5.46. The standard InChI is InChI=1S/C22H19N3OS2/c1-4-24-21(26)18(28-22(24)27)12-17-14-9-5-6-10-15(14)20-23(3)19-13(2)8-7-11-16(19)25(17)20/h5-12H,4H2,1-3H3/b18-12-. The lowest BCUT2D eigenvalue weighted by Crippen LogP contribution is -2.27. The first-order valence-corrected chi connectivity index (χ1v) is 10.5. The molecule has 0 spiro atoms. The van der Waals surface area contributed by atoms with Crippen LogP contribution in [0.4, 0.5) is 0 Å². The third kappa shape index (κ3) is 2.25. The number of fused-ring (bicyclic) bond motifs is 5. The number of para-hydroxylation sites is 1. The van der Waals surface area contributed by atoms with E-state index in [1.165, 1.54) is 28.2 Å². The minimum absolute atomic E-state index is 0.00653. The van der Waals surface area contributed by atoms with Gasteiger partial charge in [0.25, 0.3) is 5.91 Å². The van der Waals surface area contributed by atoms with Crippen molar-refractivity contribution in [3.63, 3.8) is 0 Å². The topological polar surface area (TPSA) is 29.7 Å². The number of nitrogens with zero attached hydrogens (tertiary/aromatic N) is 3. The second-order valence-electron chi connectivity index (χ2n) is 7.02. The molecule has 1 saturated heterocycles. The zero-order valence-corrected chi connectivity index (χ0v) is 17.5. The van der Waals surface area contributed by atoms with Gasteiger partial charge in [-0.3, -0.25) is 14.1 Å². The van der Waals surface area contributed by atoms with Crippen LogP contribution in [0, 0.1) is 6.92 Å². The molecular formula is C22H19N3OS2. The SMILES string of the molecule is CCN1C(=O)/C(=C/c2c3ccccc3c3n(C)c4c(C)cccc4n23)SC1=S. The van der Waals surface area contributed by atoms with E-state index < -0.39 is 0 Å². The molecule has 28 heavy (non-hydrogen) atoms. The van der Waals surface area contributed by atoms with Crippen molar-refractivity contribution in [2.75, 3.05) is 6.54 Å². The Morgan fingerprint density at radius 2 is 1.86 bits per heavy atom. The highest BCUT2D eigenvalue weighted by atomic mass is 32.2. The van der Waals surface area contributed by atoms with E-state index in [-0.39, 0.29) is 5.91 Å². The zero-order chi connectivity index (χ0) is 19.6. The van der Waals surface area contributed by atoms with Crippen LogP contribution in [-0.2, 0) is 11.8 Å². The number of rotatable bonds is 2. The van der Waals surface area contributed by atoms with Crippen LogP contribution in [0.5, 0.6) is 0 Å². The maximum Gasteiger partial charge on any atom is 0.266 e. The number of benzene rings is 2. The average molecular weight is 406 g/mol. The largest absolute Gasteiger partial charge is 0.328 e. The lowest BCUT2D eigenvalue weighted by Gasteiger charge is -2.09. The Morgan fingerprint density at radius 1 is 1.11 bits per heavy atom. The van der Waals surface area contributed by atoms with Crippen LogP contribution >= 0.6 is 24.0 Å². The number of thioether (sulfide) groups is 1. The Balaban J connectivity index is 1.91. The van der Waals surface area contributed by atoms with Crippen molar-refractivity contribution in [2.24, 2.45) is 7.05 Å². The number of carbonyl (C=O) groups excluding carboxylic acids is 1. The van der Waals surface area contributed by atoms with E-state index in [1.54, 1.807) is 4.90 Å². The number of hydrogen-bond donors (Lipinski definition) is 0. The fourth-order valence-electron chi connectivity index (χ4n) is 4.24. The van der Waals surface area contributed by atoms with Crippen LogP contribution in [0.25, 0.3) is 33.5 Å². The van der Waals surface area contributed by atoms with Gasteiger partial charge in [-0.25, -0.2) is 0 Å². The molecule has 1 aliphatic rings. The molecular weight excluding hydrogens is 386 g/mol. The molecule has 0 atom stereocenters. The van der Waals surface area contributed by atoms with E-state index in [2.05, 4.69) is 59.3 Å². The summed E-state index contributed by atoms with van der Waals surface area (Å²) in [5.74, 6) is -0.00653. The number of amides is 1. The van der Waals surface area contributed by atoms with E-state index in [0.717, 1.165) is 22.2 Å². The van der Waals surface area contributed by atoms with Crippen LogP contribution in [0.3, 0.4) is 0 Å². The first-order chi connectivity index (χ1) is 13.5. The molecule has 4 nitrogen and oxygen atoms in total. The van der Waals surface area contributed by atoms with Gasteiger partial charge in [0.15, 0.2) is 0 Å². The van der Waals surface area contributed by atoms with E-state index in [0.29, 0.717) is 15.8 Å². The highest BCUT2D eigenvalue weighted by molar-refractivity contribution is 8.26. The molecule has 0 unspecified atom stereocenters. The van der Waals surface area contributed by atoms with Crippen LogP contribution in [0.1, 0.15) is 18.2 Å². The van der Waals surface area contributed by atoms with Crippen LogP contribution < -0.4 is 0 Å². The molecule has 1 amide bonds. The number of imidazole rings is 1. The van der Waals surface area contributed by atoms with E-state index >= 15 is 0 Å². The van der Waals surface area contributed by atoms with Gasteiger partial charge in [-0.1, -0.05) is 60.4 Å². The summed E-state index contributed by atoms with van der Waals surface area (Å²) in [6.07, 6.45) is 2.01. The second-order valence-corrected chi connectivity index (χ2v) is 8.69. The number of thiocarbonyl (C=S) groups is 1. The van der Waals surface area contributed by atoms with Gasteiger partial charge in [-0.15, -0.1) is 0 Å². The number of aryl methyl sites for hydroxylation is 2. The second kappa shape index (κ2) is 6.22. The summed E-state index contributed by atoms with van der Waals surface area (Å²) in [5, 5.41) is 2.32. The molecule has 0 aliphatic carbocycles. The molecule has 140 valence electrons. The maximum absolute atomic E-state index is 12.8. The van der Waals surface area contributed by atoms with E-state index in [1.807, 2.05) is 19.1 Å². The van der Waals surface area contributed by atoms with Gasteiger partial charge < -0.3 is 4.57 Å². The first-order valence-electron chi connectivity index (χ1n) is 9.25. The molecule has 1 aliphatic heterocycles. The highest BCUT2D eigenvalue weighted by Crippen LogP contribution is 2.38. The molecule has 5 rings (SSSR count). The van der Waals surface area contributed by atoms with Crippen molar-refractivity contribution in [1.29, 1.82) is 0 Å². The minimum atomic E-state index is -0.00653. The molecule has 3 heterocycles. The fraction of sp³-hybridized carbons (Fsp3) is 0.182. The predicted molar refractivity (Wildman–Crippen MR) is 122 cm³/mol. The molecule has 0 N–H and O–H groups in total. The Kier molecular flexibility index (Phi) is 3.89. The lowest BCUT2D eigenvalue weighted by atomic mass is 10.1. The monoisotopic (exact) mass is 405 g/mol. The lowest BCUT2D eigenvalue weighted by molar-refractivity contribution is -0.121. The summed E-state index contributed by atoms with van der Waals surface area (Å²) in [5.41, 5.74) is 5.75. The molecule has 2 aromatic carbocycles. The van der Waals surface area contributed by atoms with Crippen LogP contribution in [0.15, 0.2) is 47.4 Å². The van der Waals surface area contributed by atoms with E-state index in [4.69, 9.17) is 12.2 Å². The maximum atomic E-state index is 12.8. The van der Waals surface area contributed by atoms with Gasteiger partial charge in [0.2, 0.25) is 0 Å². The Labute approximate surface area is 172 Å². The van der Waals surface area contributed by atoms with Crippen molar-refractivity contribution >= 4 is 67.7 Å². The van der Waals surface area contributed by atoms with Gasteiger partial charge in [0, 0.05) is 24.4 Å². The smallest absolute Gasteiger partial charge is 0.266 e. The number of likely N-dealkylation sites (N-methyl/N-ethyl adjacent to an activating group) is 1. The van der Waals surface area contributed by atoms with Gasteiger partial charge in [0.05, 0.1) is 21.6 Å². The summed E-state index contributed by atoms with van der Waals surface area (Å²) in [7, 11) is 2.11. The fourth-order valence-corrected chi connectivity index (χ4v) is 5.60. The minimum Gasteiger partial charge on any atom is -0.328 e. The van der Waals surface area contributed by atoms with Crippen molar-refractivity contribution in [2.45, 2.75) is 13.8 Å². The summed E-state index contributed by atoms with van der Waals surface area (Å²) in [4.78, 5) is 15.1. The molecule has 0 bridgehead atoms. The number of hydrogen-bond acceptors (Lipinski definition) is 3. The molecule has 1 fully saturated rings. The van der Waals surface area contributed by atoms with Gasteiger partial charge in [0.1, 0.15) is 9.97 Å². The number of carbonyl (C=O) groups is 1. The summed E-state index contributed by atoms with van der Waals surface area (Å²) in [6, 6.07) is 14.7. The third-order valence-corrected chi connectivity index (χ3v) is 6.84. The van der Waals surface area contributed by atoms with Crippen molar-refractivity contribution in [1.82, 2.24) is 13.9 Å². The van der Waals surface area contributed by atoms with Gasteiger partial charge in [-0.05, 0) is 31.6 Å². The Hall–Kier alpha value is -2.57. The summed E-state index contributed by atoms with van der Waals surface area (Å²) < 4.78 is 5.15. The number of aromatic nitrogens is 2. The van der Waals surface area contributed by atoms with Crippen LogP contribution in [-0.4, -0.2) is 30.6 Å². The van der Waals surface area contributed by atoms with Gasteiger partial charge >= 0.3 is 0 Å². The van der Waals surface area contributed by atoms with Crippen LogP contribution in [0.2, 0.25) is 0 Å². The van der Waals surface area contributed by atoms with Crippen molar-refractivity contribution < 1.29 is 4.79 Å². The quantitative estimate of drug-likeness (QED) is 0.343. The molecule has 2 aromatic heterocycles. The summed E-state index contributed by atoms with van der Waals surface area (Å²) >= 11 is 6.78. The van der Waals surface area contributed by atoms with Crippen molar-refractivity contribution in [3.05, 3.63) is 58.6 Å². The Morgan fingerprint density at radius 3 is 2.57 bits per heavy atom. The summed E-state index contributed by atoms with van der Waals surface area (Å²) in [6.45, 7) is 4.68. The van der Waals surface area contributed by atoms with E-state index in [9.17, 15) is 4.79 Å². The zero-order valence-electron chi connectivity index (χ0n) is 15.9.